The predicted octanol–water partition coefficient (Wildman–Crippen LogP) is 7.20. The van der Waals surface area contributed by atoms with Gasteiger partial charge < -0.3 is 14.7 Å². The van der Waals surface area contributed by atoms with Gasteiger partial charge in [0.2, 0.25) is 0 Å². The molecule has 258 valence electrons. The first-order valence-corrected chi connectivity index (χ1v) is 20.1. The zero-order valence-corrected chi connectivity index (χ0v) is 31.5. The van der Waals surface area contributed by atoms with Crippen LogP contribution in [0.2, 0.25) is 5.04 Å². The summed E-state index contributed by atoms with van der Waals surface area (Å²) < 4.78 is 23.2. The highest BCUT2D eigenvalue weighted by atomic mass is 32.2. The summed E-state index contributed by atoms with van der Waals surface area (Å²) in [6, 6.07) is 34.7. The van der Waals surface area contributed by atoms with Crippen molar-refractivity contribution in [2.45, 2.75) is 70.3 Å². The van der Waals surface area contributed by atoms with E-state index in [2.05, 4.69) is 84.7 Å². The molecule has 0 radical (unpaired) electrons. The predicted molar refractivity (Wildman–Crippen MR) is 206 cm³/mol. The maximum absolute atomic E-state index is 14.3. The average molecular weight is 703 g/mol. The lowest BCUT2D eigenvalue weighted by atomic mass is 9.94. The number of nitrogens with two attached hydrogens (primary N) is 1. The molecule has 1 aliphatic heterocycles. The number of benzene rings is 3. The average Bonchev–Trinajstić information content (AvgIpc) is 3.47. The standard InChI is InChI=1S/C41H46N4O3SSi/c1-40(2,3)49(47)45-28-32-26-35(39(42)46)44-38(30-16-13-15-29(25-30)31-17-14-23-43-27-31)37(32)36(45)22-24-48-50(41(4,5)6,33-18-9-7-10-19-33)34-20-11-8-12-21-34/h7-21,23,25-27,36H,22,24,28H2,1-6H3,(H2,42,46)/t36-,49?/m1/s1. The highest BCUT2D eigenvalue weighted by Gasteiger charge is 2.51. The third-order valence-corrected chi connectivity index (χ3v) is 16.3. The van der Waals surface area contributed by atoms with Crippen LogP contribution in [0.4, 0.5) is 0 Å². The molecule has 3 aromatic carbocycles. The molecular formula is C41H46N4O3SSi. The van der Waals surface area contributed by atoms with Crippen molar-refractivity contribution >= 4 is 36.0 Å². The molecule has 1 aliphatic rings. The van der Waals surface area contributed by atoms with Crippen molar-refractivity contribution in [3.63, 3.8) is 0 Å². The Balaban J connectivity index is 1.46. The van der Waals surface area contributed by atoms with E-state index < -0.39 is 30.3 Å². The van der Waals surface area contributed by atoms with Gasteiger partial charge >= 0.3 is 0 Å². The number of carbonyl (C=O) groups excluding carboxylic acids is 1. The minimum Gasteiger partial charge on any atom is -0.597 e. The van der Waals surface area contributed by atoms with Crippen molar-refractivity contribution < 1.29 is 13.8 Å². The second-order valence-electron chi connectivity index (χ2n) is 14.9. The van der Waals surface area contributed by atoms with E-state index in [9.17, 15) is 9.35 Å². The van der Waals surface area contributed by atoms with Crippen molar-refractivity contribution in [2.24, 2.45) is 5.73 Å². The molecule has 0 bridgehead atoms. The normalized spacial score (nSPS) is 15.9. The van der Waals surface area contributed by atoms with Gasteiger partial charge in [0.25, 0.3) is 14.2 Å². The van der Waals surface area contributed by atoms with E-state index in [1.807, 2.05) is 69.4 Å². The summed E-state index contributed by atoms with van der Waals surface area (Å²) in [5.41, 5.74) is 11.4. The SMILES string of the molecule is CC(C)(C)[S+]([O-])N1Cc2cc(C(N)=O)nc(-c3cccc(-c4cccnc4)c3)c2[C@H]1CCO[Si](c1ccccc1)(c1ccccc1)C(C)(C)C. The van der Waals surface area contributed by atoms with Crippen LogP contribution in [0.25, 0.3) is 22.4 Å². The van der Waals surface area contributed by atoms with Gasteiger partial charge in [-0.3, -0.25) is 9.78 Å². The number of carbonyl (C=O) groups is 1. The van der Waals surface area contributed by atoms with Crippen molar-refractivity contribution in [1.82, 2.24) is 14.3 Å². The van der Waals surface area contributed by atoms with Gasteiger partial charge in [-0.25, -0.2) is 4.98 Å². The molecule has 2 atom stereocenters. The Labute approximate surface area is 300 Å². The van der Waals surface area contributed by atoms with Crippen LogP contribution in [0.3, 0.4) is 0 Å². The number of pyridine rings is 2. The molecule has 50 heavy (non-hydrogen) atoms. The van der Waals surface area contributed by atoms with Gasteiger partial charge in [-0.15, -0.1) is 4.31 Å². The fraction of sp³-hybridized carbons (Fsp3) is 0.293. The summed E-state index contributed by atoms with van der Waals surface area (Å²) >= 11 is -1.36. The van der Waals surface area contributed by atoms with Gasteiger partial charge in [0.15, 0.2) is 0 Å². The summed E-state index contributed by atoms with van der Waals surface area (Å²) in [4.78, 5) is 21.8. The van der Waals surface area contributed by atoms with Gasteiger partial charge in [-0.1, -0.05) is 106 Å². The molecule has 6 rings (SSSR count). The van der Waals surface area contributed by atoms with Crippen molar-refractivity contribution in [3.05, 3.63) is 132 Å². The molecule has 3 heterocycles. The maximum Gasteiger partial charge on any atom is 0.267 e. The van der Waals surface area contributed by atoms with Crippen molar-refractivity contribution in [3.8, 4) is 22.4 Å². The number of nitrogens with zero attached hydrogens (tertiary/aromatic N) is 3. The molecule has 2 N–H and O–H groups in total. The second-order valence-corrected chi connectivity index (χ2v) is 21.4. The van der Waals surface area contributed by atoms with Crippen LogP contribution < -0.4 is 16.1 Å². The van der Waals surface area contributed by atoms with Gasteiger partial charge in [-0.05, 0) is 71.9 Å². The van der Waals surface area contributed by atoms with Gasteiger partial charge in [-0.2, -0.15) is 0 Å². The fourth-order valence-corrected chi connectivity index (χ4v) is 13.1. The fourth-order valence-electron chi connectivity index (χ4n) is 7.16. The van der Waals surface area contributed by atoms with Gasteiger partial charge in [0.1, 0.15) is 10.4 Å². The summed E-state index contributed by atoms with van der Waals surface area (Å²) in [6.07, 6.45) is 4.16. The number of amides is 1. The minimum absolute atomic E-state index is 0.187. The number of fused-ring (bicyclic) bond motifs is 1. The summed E-state index contributed by atoms with van der Waals surface area (Å²) in [7, 11) is -2.82. The molecule has 0 saturated carbocycles. The third kappa shape index (κ3) is 6.93. The number of hydrogen-bond acceptors (Lipinski definition) is 6. The van der Waals surface area contributed by atoms with Crippen LogP contribution in [-0.2, 0) is 22.3 Å². The van der Waals surface area contributed by atoms with Crippen LogP contribution in [-0.4, -0.2) is 44.4 Å². The smallest absolute Gasteiger partial charge is 0.267 e. The molecule has 1 amide bonds. The Bertz CT molecular complexity index is 1910. The van der Waals surface area contributed by atoms with E-state index in [1.165, 1.54) is 10.4 Å². The molecule has 0 fully saturated rings. The van der Waals surface area contributed by atoms with E-state index in [-0.39, 0.29) is 16.8 Å². The van der Waals surface area contributed by atoms with Crippen LogP contribution in [0.1, 0.15) is 75.6 Å². The molecule has 5 aromatic rings. The number of rotatable bonds is 10. The molecule has 0 aliphatic carbocycles. The van der Waals surface area contributed by atoms with E-state index >= 15 is 0 Å². The third-order valence-electron chi connectivity index (χ3n) is 9.40. The summed E-state index contributed by atoms with van der Waals surface area (Å²) in [6.45, 7) is 13.6. The highest BCUT2D eigenvalue weighted by molar-refractivity contribution is 7.90. The molecule has 0 spiro atoms. The Morgan fingerprint density at radius 1 is 0.880 bits per heavy atom. The lowest BCUT2D eigenvalue weighted by Gasteiger charge is -2.43. The first-order valence-electron chi connectivity index (χ1n) is 17.1. The van der Waals surface area contributed by atoms with E-state index in [1.54, 1.807) is 12.3 Å². The zero-order valence-electron chi connectivity index (χ0n) is 29.7. The quantitative estimate of drug-likeness (QED) is 0.122. The molecule has 9 heteroatoms. The van der Waals surface area contributed by atoms with Crippen molar-refractivity contribution in [2.75, 3.05) is 6.61 Å². The lowest BCUT2D eigenvalue weighted by Crippen LogP contribution is -2.66. The Morgan fingerprint density at radius 3 is 2.06 bits per heavy atom. The Hall–Kier alpha value is -4.12. The number of primary amides is 1. The molecule has 0 saturated heterocycles. The van der Waals surface area contributed by atoms with Crippen molar-refractivity contribution in [1.29, 1.82) is 0 Å². The summed E-state index contributed by atoms with van der Waals surface area (Å²) in [5, 5.41) is 2.23. The maximum atomic E-state index is 14.3. The first kappa shape index (κ1) is 35.7. The highest BCUT2D eigenvalue weighted by Crippen LogP contribution is 2.46. The number of aromatic nitrogens is 2. The van der Waals surface area contributed by atoms with E-state index in [0.29, 0.717) is 25.3 Å². The van der Waals surface area contributed by atoms with E-state index in [4.69, 9.17) is 15.1 Å². The topological polar surface area (TPSA) is 104 Å². The zero-order chi connectivity index (χ0) is 35.7. The molecule has 7 nitrogen and oxygen atoms in total. The molecule has 2 aromatic heterocycles. The van der Waals surface area contributed by atoms with Crippen LogP contribution in [0.5, 0.6) is 0 Å². The first-order chi connectivity index (χ1) is 23.8. The molecule has 1 unspecified atom stereocenters. The monoisotopic (exact) mass is 702 g/mol. The number of hydrogen-bond donors (Lipinski definition) is 1. The largest absolute Gasteiger partial charge is 0.597 e. The van der Waals surface area contributed by atoms with Gasteiger partial charge in [0.05, 0.1) is 18.3 Å². The lowest BCUT2D eigenvalue weighted by molar-refractivity contribution is 0.0995. The second kappa shape index (κ2) is 14.2. The Kier molecular flexibility index (Phi) is 10.2. The van der Waals surface area contributed by atoms with E-state index in [0.717, 1.165) is 27.8 Å². The van der Waals surface area contributed by atoms with Crippen LogP contribution in [0.15, 0.2) is 116 Å². The van der Waals surface area contributed by atoms with Gasteiger partial charge in [0, 0.05) is 47.1 Å². The molecular weight excluding hydrogens is 657 g/mol. The van der Waals surface area contributed by atoms with Crippen LogP contribution >= 0.6 is 0 Å². The Morgan fingerprint density at radius 2 is 1.50 bits per heavy atom. The minimum atomic E-state index is -2.82. The van der Waals surface area contributed by atoms with Crippen LogP contribution in [0, 0.1) is 0 Å². The summed E-state index contributed by atoms with van der Waals surface area (Å²) in [5.74, 6) is -0.598.